The van der Waals surface area contributed by atoms with Gasteiger partial charge >= 0.3 is 12.1 Å². The zero-order valence-corrected chi connectivity index (χ0v) is 25.5. The van der Waals surface area contributed by atoms with Crippen molar-refractivity contribution in [1.29, 1.82) is 0 Å². The molecule has 2 fully saturated rings. The normalized spacial score (nSPS) is 21.6. The van der Waals surface area contributed by atoms with Crippen molar-refractivity contribution in [2.75, 3.05) is 39.5 Å². The van der Waals surface area contributed by atoms with Gasteiger partial charge in [0.1, 0.15) is 18.7 Å². The smallest absolute Gasteiger partial charge is 0.407 e. The lowest BCUT2D eigenvalue weighted by Gasteiger charge is -2.33. The Morgan fingerprint density at radius 1 is 1.18 bits per heavy atom. The second kappa shape index (κ2) is 14.3. The third-order valence-corrected chi connectivity index (χ3v) is 8.76. The average molecular weight is 587 g/mol. The Labute approximate surface area is 238 Å². The molecule has 228 valence electrons. The topological polar surface area (TPSA) is 154 Å². The number of aliphatic carboxylic acids is 1. The lowest BCUT2D eigenvalue weighted by atomic mass is 9.89. The first-order chi connectivity index (χ1) is 18.6. The van der Waals surface area contributed by atoms with Gasteiger partial charge in [-0.1, -0.05) is 46.6 Å². The van der Waals surface area contributed by atoms with Crippen molar-refractivity contribution >= 4 is 33.9 Å². The summed E-state index contributed by atoms with van der Waals surface area (Å²) in [7, 11) is -2.09. The Bertz CT molecular complexity index is 1070. The van der Waals surface area contributed by atoms with E-state index in [1.54, 1.807) is 20.8 Å². The molecule has 0 aromatic heterocycles. The van der Waals surface area contributed by atoms with Gasteiger partial charge in [0.15, 0.2) is 6.04 Å². The number of hydrogen-bond acceptors (Lipinski definition) is 7. The first kappa shape index (κ1) is 33.5. The third kappa shape index (κ3) is 9.18. The van der Waals surface area contributed by atoms with Crippen LogP contribution in [0.5, 0.6) is 0 Å². The van der Waals surface area contributed by atoms with Gasteiger partial charge < -0.3 is 25.0 Å². The maximum atomic E-state index is 13.5. The summed E-state index contributed by atoms with van der Waals surface area (Å²) >= 11 is 0. The van der Waals surface area contributed by atoms with Crippen LogP contribution < -0.4 is 5.32 Å². The minimum Gasteiger partial charge on any atom is -0.479 e. The number of unbranched alkanes of at least 4 members (excludes halogenated alkanes) is 3. The van der Waals surface area contributed by atoms with E-state index >= 15 is 0 Å². The number of allylic oxidation sites excluding steroid dienone is 1. The van der Waals surface area contributed by atoms with Gasteiger partial charge in [-0.25, -0.2) is 22.3 Å². The number of sulfonamides is 1. The van der Waals surface area contributed by atoms with Crippen molar-refractivity contribution < 1.29 is 37.4 Å². The fourth-order valence-corrected chi connectivity index (χ4v) is 5.34. The molecule has 2 rings (SSSR count). The molecule has 1 unspecified atom stereocenters. The number of carboxylic acid groups (broad SMARTS) is 1. The van der Waals surface area contributed by atoms with Crippen LogP contribution in [0.3, 0.4) is 0 Å². The molecule has 2 saturated heterocycles. The van der Waals surface area contributed by atoms with Crippen molar-refractivity contribution in [2.24, 2.45) is 5.41 Å². The lowest BCUT2D eigenvalue weighted by molar-refractivity contribution is -0.150. The SMILES string of the molecule is CCCCC/C=C1/CCN(C(=O)[C@@H]2CCCN2C(=O)CNC(=O)OC(CN(C)S(C)(=O)=O)C(C)(C)C)[C@H]1C(=O)O. The molecule has 0 spiro atoms. The fourth-order valence-electron chi connectivity index (χ4n) is 4.93. The summed E-state index contributed by atoms with van der Waals surface area (Å²) in [6.45, 7) is 7.66. The van der Waals surface area contributed by atoms with Crippen molar-refractivity contribution in [1.82, 2.24) is 19.4 Å². The summed E-state index contributed by atoms with van der Waals surface area (Å²) in [5.41, 5.74) is 0.152. The van der Waals surface area contributed by atoms with E-state index in [2.05, 4.69) is 12.2 Å². The van der Waals surface area contributed by atoms with Crippen LogP contribution in [-0.4, -0.2) is 109 Å². The number of carbonyl (C=O) groups is 4. The Kier molecular flexibility index (Phi) is 12.0. The molecule has 0 radical (unpaired) electrons. The van der Waals surface area contributed by atoms with Crippen LogP contribution in [0.1, 0.15) is 72.6 Å². The second-order valence-electron chi connectivity index (χ2n) is 11.7. The van der Waals surface area contributed by atoms with Crippen LogP contribution >= 0.6 is 0 Å². The highest BCUT2D eigenvalue weighted by atomic mass is 32.2. The summed E-state index contributed by atoms with van der Waals surface area (Å²) in [6, 6.07) is -1.82. The van der Waals surface area contributed by atoms with Gasteiger partial charge in [0.05, 0.1) is 12.8 Å². The molecule has 2 N–H and O–H groups in total. The third-order valence-electron chi connectivity index (χ3n) is 7.48. The first-order valence-electron chi connectivity index (χ1n) is 13.9. The number of amides is 3. The Morgan fingerprint density at radius 2 is 1.85 bits per heavy atom. The van der Waals surface area contributed by atoms with Crippen LogP contribution in [0, 0.1) is 5.41 Å². The Hall–Kier alpha value is -2.67. The zero-order chi connectivity index (χ0) is 30.3. The molecular formula is C27H46N4O8S. The number of rotatable bonds is 12. The van der Waals surface area contributed by atoms with Crippen molar-refractivity contribution in [3.8, 4) is 0 Å². The monoisotopic (exact) mass is 586 g/mol. The van der Waals surface area contributed by atoms with Crippen LogP contribution in [0.4, 0.5) is 4.79 Å². The van der Waals surface area contributed by atoms with Crippen molar-refractivity contribution in [2.45, 2.75) is 90.8 Å². The van der Waals surface area contributed by atoms with Crippen molar-refractivity contribution in [3.05, 3.63) is 11.6 Å². The molecule has 0 aromatic carbocycles. The number of nitrogens with one attached hydrogen (secondary N) is 1. The van der Waals surface area contributed by atoms with Gasteiger partial charge in [-0.15, -0.1) is 0 Å². The minimum absolute atomic E-state index is 0.0536. The molecule has 2 aliphatic rings. The zero-order valence-electron chi connectivity index (χ0n) is 24.6. The summed E-state index contributed by atoms with van der Waals surface area (Å²) < 4.78 is 30.2. The predicted molar refractivity (Wildman–Crippen MR) is 150 cm³/mol. The molecule has 3 atom stereocenters. The summed E-state index contributed by atoms with van der Waals surface area (Å²) in [5, 5.41) is 12.3. The largest absolute Gasteiger partial charge is 0.479 e. The summed E-state index contributed by atoms with van der Waals surface area (Å²) in [4.78, 5) is 53.9. The first-order valence-corrected chi connectivity index (χ1v) is 15.8. The van der Waals surface area contributed by atoms with Crippen molar-refractivity contribution in [3.63, 3.8) is 0 Å². The van der Waals surface area contributed by atoms with Crippen LogP contribution in [0.15, 0.2) is 11.6 Å². The van der Waals surface area contributed by atoms with E-state index in [1.807, 2.05) is 6.08 Å². The molecule has 0 saturated carbocycles. The number of nitrogens with zero attached hydrogens (tertiary/aromatic N) is 3. The summed E-state index contributed by atoms with van der Waals surface area (Å²) in [5.74, 6) is -1.95. The molecule has 12 nitrogen and oxygen atoms in total. The van der Waals surface area contributed by atoms with E-state index in [0.717, 1.165) is 41.8 Å². The van der Waals surface area contributed by atoms with E-state index < -0.39 is 64.0 Å². The van der Waals surface area contributed by atoms with Gasteiger partial charge in [0, 0.05) is 25.6 Å². The number of likely N-dealkylation sites (N-methyl/N-ethyl adjacent to an activating group) is 1. The molecule has 0 bridgehead atoms. The molecule has 2 heterocycles. The molecule has 3 amide bonds. The standard InChI is InChI=1S/C27H46N4O8S/c1-7-8-9-10-12-19-14-16-31(23(19)25(34)35)24(33)20-13-11-15-30(20)22(32)17-28-26(36)39-21(27(2,3)4)18-29(5)40(6,37)38/h12,20-21,23H,7-11,13-18H2,1-6H3,(H,28,36)(H,34,35)/b19-12-/t20-,21?,23+/m0/s1. The van der Waals surface area contributed by atoms with E-state index in [9.17, 15) is 32.7 Å². The molecule has 40 heavy (non-hydrogen) atoms. The van der Waals surface area contributed by atoms with Crippen LogP contribution in [-0.2, 0) is 29.1 Å². The second-order valence-corrected chi connectivity index (χ2v) is 13.8. The highest BCUT2D eigenvalue weighted by molar-refractivity contribution is 7.88. The average Bonchev–Trinajstić information content (AvgIpc) is 3.51. The number of hydrogen-bond donors (Lipinski definition) is 2. The molecule has 0 aromatic rings. The fraction of sp³-hybridized carbons (Fsp3) is 0.778. The predicted octanol–water partition coefficient (Wildman–Crippen LogP) is 2.20. The number of carboxylic acids is 1. The van der Waals surface area contributed by atoms with E-state index in [1.165, 1.54) is 16.8 Å². The molecule has 13 heteroatoms. The highest BCUT2D eigenvalue weighted by Crippen LogP contribution is 2.29. The number of ether oxygens (including phenoxy) is 1. The molecule has 2 aliphatic heterocycles. The van der Waals surface area contributed by atoms with Crippen LogP contribution in [0.25, 0.3) is 0 Å². The number of likely N-dealkylation sites (tertiary alicyclic amines) is 2. The van der Waals surface area contributed by atoms with Gasteiger partial charge in [-0.2, -0.15) is 0 Å². The maximum absolute atomic E-state index is 13.5. The summed E-state index contributed by atoms with van der Waals surface area (Å²) in [6.07, 6.45) is 6.68. The quantitative estimate of drug-likeness (QED) is 0.261. The van der Waals surface area contributed by atoms with Gasteiger partial charge in [0.2, 0.25) is 21.8 Å². The number of carbonyl (C=O) groups excluding carboxylic acids is 3. The lowest BCUT2D eigenvalue weighted by Crippen LogP contribution is -2.53. The Balaban J connectivity index is 2.01. The number of alkyl carbamates (subject to hydrolysis) is 1. The highest BCUT2D eigenvalue weighted by Gasteiger charge is 2.44. The van der Waals surface area contributed by atoms with Gasteiger partial charge in [-0.05, 0) is 37.7 Å². The maximum Gasteiger partial charge on any atom is 0.407 e. The molecular weight excluding hydrogens is 540 g/mol. The van der Waals surface area contributed by atoms with E-state index in [-0.39, 0.29) is 13.1 Å². The van der Waals surface area contributed by atoms with E-state index in [0.29, 0.717) is 25.8 Å². The minimum atomic E-state index is -3.49. The van der Waals surface area contributed by atoms with Crippen LogP contribution in [0.2, 0.25) is 0 Å². The van der Waals surface area contributed by atoms with Gasteiger partial charge in [-0.3, -0.25) is 9.59 Å². The van der Waals surface area contributed by atoms with Gasteiger partial charge in [0.25, 0.3) is 0 Å². The Morgan fingerprint density at radius 3 is 2.42 bits per heavy atom. The molecule has 0 aliphatic carbocycles. The van der Waals surface area contributed by atoms with E-state index in [4.69, 9.17) is 4.74 Å².